The molecule has 0 saturated heterocycles. The quantitative estimate of drug-likeness (QED) is 0.220. The average Bonchev–Trinajstić information content (AvgIpc) is 3.00. The van der Waals surface area contributed by atoms with Crippen LogP contribution in [-0.4, -0.2) is 34.3 Å². The van der Waals surface area contributed by atoms with Gasteiger partial charge in [-0.25, -0.2) is 0 Å². The Kier molecular flexibility index (Phi) is 8.56. The first kappa shape index (κ1) is 27.4. The monoisotopic (exact) mass is 567 g/mol. The second-order valence-corrected chi connectivity index (χ2v) is 9.27. The van der Waals surface area contributed by atoms with Gasteiger partial charge < -0.3 is 20.1 Å². The van der Waals surface area contributed by atoms with Crippen LogP contribution in [0, 0.1) is 0 Å². The van der Waals surface area contributed by atoms with Gasteiger partial charge in [0.25, 0.3) is 11.5 Å². The molecule has 0 atom stereocenters. The maximum absolute atomic E-state index is 13.7. The molecule has 9 nitrogen and oxygen atoms in total. The highest BCUT2D eigenvalue weighted by molar-refractivity contribution is 6.32. The predicted molar refractivity (Wildman–Crippen MR) is 158 cm³/mol. The summed E-state index contributed by atoms with van der Waals surface area (Å²) in [7, 11) is 1.56. The molecule has 0 aliphatic carbocycles. The summed E-state index contributed by atoms with van der Waals surface area (Å²) >= 11 is 6.37. The molecule has 0 aliphatic heterocycles. The molecule has 0 spiro atoms. The van der Waals surface area contributed by atoms with Gasteiger partial charge in [0.1, 0.15) is 11.5 Å². The maximum atomic E-state index is 13.7. The highest BCUT2D eigenvalue weighted by Gasteiger charge is 2.17. The van der Waals surface area contributed by atoms with Gasteiger partial charge >= 0.3 is 0 Å². The number of ether oxygens (including phenoxy) is 2. The number of aromatic nitrogens is 3. The molecule has 0 radical (unpaired) electrons. The number of methoxy groups -OCH3 is 1. The van der Waals surface area contributed by atoms with Crippen LogP contribution in [0.4, 0.5) is 11.4 Å². The van der Waals surface area contributed by atoms with Gasteiger partial charge in [-0.3, -0.25) is 14.6 Å². The fourth-order valence-corrected chi connectivity index (χ4v) is 4.27. The van der Waals surface area contributed by atoms with E-state index in [-0.39, 0.29) is 17.3 Å². The van der Waals surface area contributed by atoms with E-state index in [2.05, 4.69) is 20.7 Å². The van der Waals surface area contributed by atoms with Crippen LogP contribution in [0.15, 0.2) is 108 Å². The summed E-state index contributed by atoms with van der Waals surface area (Å²) in [5.74, 6) is 0.971. The van der Waals surface area contributed by atoms with Crippen LogP contribution in [0.3, 0.4) is 0 Å². The number of carbonyl (C=O) groups excluding carboxylic acids is 1. The van der Waals surface area contributed by atoms with Crippen molar-refractivity contribution in [1.82, 2.24) is 20.1 Å². The lowest BCUT2D eigenvalue weighted by Crippen LogP contribution is -2.26. The number of amides is 1. The molecular weight excluding hydrogens is 542 g/mol. The third-order valence-corrected chi connectivity index (χ3v) is 6.40. The third kappa shape index (κ3) is 6.71. The third-order valence-electron chi connectivity index (χ3n) is 6.08. The van der Waals surface area contributed by atoms with E-state index in [1.807, 2.05) is 18.2 Å². The fraction of sp³-hybridized carbons (Fsp3) is 0.0968. The minimum absolute atomic E-state index is 0.107. The molecule has 1 amide bonds. The van der Waals surface area contributed by atoms with Crippen molar-refractivity contribution in [2.75, 3.05) is 19.0 Å². The van der Waals surface area contributed by atoms with Crippen molar-refractivity contribution in [3.63, 3.8) is 0 Å². The van der Waals surface area contributed by atoms with Crippen LogP contribution in [0.5, 0.6) is 17.2 Å². The number of hydrogen-bond donors (Lipinski definition) is 2. The zero-order valence-corrected chi connectivity index (χ0v) is 22.8. The van der Waals surface area contributed by atoms with Crippen molar-refractivity contribution in [1.29, 1.82) is 0 Å². The number of rotatable bonds is 10. The van der Waals surface area contributed by atoms with Gasteiger partial charge in [-0.2, -0.15) is 9.78 Å². The summed E-state index contributed by atoms with van der Waals surface area (Å²) in [5.41, 5.74) is 1.84. The Morgan fingerprint density at radius 1 is 0.951 bits per heavy atom. The maximum Gasteiger partial charge on any atom is 0.299 e. The van der Waals surface area contributed by atoms with Gasteiger partial charge in [0, 0.05) is 42.2 Å². The molecule has 2 heterocycles. The van der Waals surface area contributed by atoms with Gasteiger partial charge in [0.05, 0.1) is 24.0 Å². The molecule has 206 valence electrons. The number of halogens is 1. The Morgan fingerprint density at radius 3 is 2.56 bits per heavy atom. The van der Waals surface area contributed by atoms with Crippen molar-refractivity contribution in [3.8, 4) is 22.9 Å². The number of hydrogen-bond acceptors (Lipinski definition) is 7. The van der Waals surface area contributed by atoms with Gasteiger partial charge in [0.2, 0.25) is 0 Å². The Labute approximate surface area is 241 Å². The van der Waals surface area contributed by atoms with Crippen LogP contribution in [0.1, 0.15) is 16.1 Å². The number of pyridine rings is 1. The molecule has 0 aliphatic rings. The lowest BCUT2D eigenvalue weighted by atomic mass is 10.1. The standard InChI is InChI=1S/C31H26ClN5O4/c1-40-24-11-7-12-25(19-24)41-28-20-35-37(27-14-3-2-13-26(27)32)31(39)29(28)36-23-10-6-8-21(18-23)30(38)34-17-15-22-9-4-5-16-33-22/h2-14,16,18-20,36H,15,17H2,1H3,(H,34,38). The molecule has 3 aromatic carbocycles. The lowest BCUT2D eigenvalue weighted by Gasteiger charge is -2.16. The molecule has 5 aromatic rings. The summed E-state index contributed by atoms with van der Waals surface area (Å²) in [4.78, 5) is 30.9. The Bertz CT molecular complexity index is 1730. The fourth-order valence-electron chi connectivity index (χ4n) is 4.05. The highest BCUT2D eigenvalue weighted by atomic mass is 35.5. The minimum Gasteiger partial charge on any atom is -0.497 e. The van der Waals surface area contributed by atoms with Gasteiger partial charge in [-0.15, -0.1) is 0 Å². The van der Waals surface area contributed by atoms with E-state index in [1.165, 1.54) is 10.9 Å². The number of para-hydroxylation sites is 1. The molecule has 0 fully saturated rings. The van der Waals surface area contributed by atoms with E-state index in [4.69, 9.17) is 21.1 Å². The lowest BCUT2D eigenvalue weighted by molar-refractivity contribution is 0.0954. The summed E-state index contributed by atoms with van der Waals surface area (Å²) < 4.78 is 12.5. The van der Waals surface area contributed by atoms with Crippen molar-refractivity contribution in [2.24, 2.45) is 0 Å². The number of anilines is 2. The number of nitrogens with one attached hydrogen (secondary N) is 2. The summed E-state index contributed by atoms with van der Waals surface area (Å²) in [6.07, 6.45) is 3.76. The SMILES string of the molecule is COc1cccc(Oc2cnn(-c3ccccc3Cl)c(=O)c2Nc2cccc(C(=O)NCCc3ccccn3)c2)c1. The molecule has 5 rings (SSSR count). The van der Waals surface area contributed by atoms with E-state index in [9.17, 15) is 9.59 Å². The molecule has 0 saturated carbocycles. The second kappa shape index (κ2) is 12.8. The van der Waals surface area contributed by atoms with E-state index in [0.29, 0.717) is 46.4 Å². The van der Waals surface area contributed by atoms with Crippen LogP contribution in [0.2, 0.25) is 5.02 Å². The predicted octanol–water partition coefficient (Wildman–Crippen LogP) is 5.80. The first-order chi connectivity index (χ1) is 20.0. The smallest absolute Gasteiger partial charge is 0.299 e. The number of benzene rings is 3. The van der Waals surface area contributed by atoms with Crippen molar-refractivity contribution < 1.29 is 14.3 Å². The normalized spacial score (nSPS) is 10.6. The summed E-state index contributed by atoms with van der Waals surface area (Å²) in [6, 6.07) is 26.4. The van der Waals surface area contributed by atoms with Gasteiger partial charge in [0.15, 0.2) is 11.4 Å². The summed E-state index contributed by atoms with van der Waals surface area (Å²) in [6.45, 7) is 0.429. The molecule has 2 aromatic heterocycles. The molecule has 10 heteroatoms. The average molecular weight is 568 g/mol. The number of carbonyl (C=O) groups is 1. The summed E-state index contributed by atoms with van der Waals surface area (Å²) in [5, 5.41) is 10.7. The van der Waals surface area contributed by atoms with E-state index >= 15 is 0 Å². The van der Waals surface area contributed by atoms with Crippen molar-refractivity contribution >= 4 is 28.9 Å². The Morgan fingerprint density at radius 2 is 1.76 bits per heavy atom. The molecule has 0 unspecified atom stereocenters. The largest absolute Gasteiger partial charge is 0.497 e. The topological polar surface area (TPSA) is 107 Å². The highest BCUT2D eigenvalue weighted by Crippen LogP contribution is 2.31. The Balaban J connectivity index is 1.44. The van der Waals surface area contributed by atoms with Crippen molar-refractivity contribution in [3.05, 3.63) is 130 Å². The first-order valence-corrected chi connectivity index (χ1v) is 13.1. The van der Waals surface area contributed by atoms with Crippen LogP contribution < -0.4 is 25.7 Å². The zero-order chi connectivity index (χ0) is 28.6. The van der Waals surface area contributed by atoms with E-state index in [1.54, 1.807) is 86.1 Å². The first-order valence-electron chi connectivity index (χ1n) is 12.8. The molecule has 0 bridgehead atoms. The van der Waals surface area contributed by atoms with E-state index < -0.39 is 5.56 Å². The van der Waals surface area contributed by atoms with Crippen molar-refractivity contribution in [2.45, 2.75) is 6.42 Å². The Hall–Kier alpha value is -5.15. The van der Waals surface area contributed by atoms with Crippen LogP contribution in [0.25, 0.3) is 5.69 Å². The minimum atomic E-state index is -0.497. The molecule has 41 heavy (non-hydrogen) atoms. The second-order valence-electron chi connectivity index (χ2n) is 8.87. The van der Waals surface area contributed by atoms with Crippen LogP contribution in [-0.2, 0) is 6.42 Å². The van der Waals surface area contributed by atoms with E-state index in [0.717, 1.165) is 5.69 Å². The molecular formula is C31H26ClN5O4. The number of nitrogens with zero attached hydrogens (tertiary/aromatic N) is 3. The van der Waals surface area contributed by atoms with Crippen LogP contribution >= 0.6 is 11.6 Å². The zero-order valence-electron chi connectivity index (χ0n) is 22.1. The van der Waals surface area contributed by atoms with Gasteiger partial charge in [-0.05, 0) is 54.6 Å². The molecule has 2 N–H and O–H groups in total. The van der Waals surface area contributed by atoms with Gasteiger partial charge in [-0.1, -0.05) is 41.9 Å².